The Labute approximate surface area is 144 Å². The summed E-state index contributed by atoms with van der Waals surface area (Å²) in [4.78, 5) is 14.5. The summed E-state index contributed by atoms with van der Waals surface area (Å²) in [6, 6.07) is 10.2. The van der Waals surface area contributed by atoms with Crippen LogP contribution >= 0.6 is 0 Å². The van der Waals surface area contributed by atoms with Gasteiger partial charge in [-0.15, -0.1) is 0 Å². The van der Waals surface area contributed by atoms with Gasteiger partial charge in [0.15, 0.2) is 0 Å². The highest BCUT2D eigenvalue weighted by Gasteiger charge is 2.14. The molecule has 0 saturated carbocycles. The smallest absolute Gasteiger partial charge is 0.223 e. The normalized spacial score (nSPS) is 11.3. The van der Waals surface area contributed by atoms with E-state index in [1.54, 1.807) is 4.68 Å². The minimum Gasteiger partial charge on any atom is -0.339 e. The molecule has 128 valence electrons. The second kappa shape index (κ2) is 9.06. The average molecular weight is 325 g/mol. The van der Waals surface area contributed by atoms with Crippen LogP contribution in [0.1, 0.15) is 31.4 Å². The first-order valence-corrected chi connectivity index (χ1v) is 8.51. The molecule has 0 atom stereocenters. The molecule has 0 aliphatic carbocycles. The Morgan fingerprint density at radius 2 is 2.04 bits per heavy atom. The van der Waals surface area contributed by atoms with Gasteiger partial charge in [0.2, 0.25) is 5.91 Å². The first-order valence-electron chi connectivity index (χ1n) is 8.51. The van der Waals surface area contributed by atoms with Crippen molar-refractivity contribution in [3.63, 3.8) is 0 Å². The SMILES string of the molecule is CC(C)CN(C/C=C/c1ccccc1)C(=O)CCc1cnn(C)c1. The van der Waals surface area contributed by atoms with Crippen molar-refractivity contribution in [2.75, 3.05) is 13.1 Å². The van der Waals surface area contributed by atoms with Crippen LogP contribution in [0.3, 0.4) is 0 Å². The molecule has 0 spiro atoms. The molecular weight excluding hydrogens is 298 g/mol. The molecule has 0 radical (unpaired) electrons. The molecule has 0 aliphatic heterocycles. The molecule has 2 rings (SSSR count). The van der Waals surface area contributed by atoms with Crippen LogP contribution in [0.2, 0.25) is 0 Å². The van der Waals surface area contributed by atoms with Crippen LogP contribution in [-0.4, -0.2) is 33.7 Å². The van der Waals surface area contributed by atoms with Gasteiger partial charge in [-0.3, -0.25) is 9.48 Å². The van der Waals surface area contributed by atoms with Crippen molar-refractivity contribution in [3.05, 3.63) is 59.9 Å². The summed E-state index contributed by atoms with van der Waals surface area (Å²) in [5.74, 6) is 0.655. The molecule has 1 heterocycles. The number of carbonyl (C=O) groups is 1. The zero-order valence-corrected chi connectivity index (χ0v) is 14.9. The zero-order valence-electron chi connectivity index (χ0n) is 14.9. The van der Waals surface area contributed by atoms with Gasteiger partial charge < -0.3 is 4.90 Å². The van der Waals surface area contributed by atoms with E-state index in [1.807, 2.05) is 42.5 Å². The molecule has 24 heavy (non-hydrogen) atoms. The lowest BCUT2D eigenvalue weighted by molar-refractivity contribution is -0.131. The summed E-state index contributed by atoms with van der Waals surface area (Å²) < 4.78 is 1.77. The first-order chi connectivity index (χ1) is 11.5. The maximum Gasteiger partial charge on any atom is 0.223 e. The minimum absolute atomic E-state index is 0.199. The van der Waals surface area contributed by atoms with Gasteiger partial charge in [0, 0.05) is 32.8 Å². The van der Waals surface area contributed by atoms with E-state index in [0.29, 0.717) is 18.9 Å². The molecule has 0 fully saturated rings. The van der Waals surface area contributed by atoms with Gasteiger partial charge in [-0.05, 0) is 23.5 Å². The maximum atomic E-state index is 12.6. The predicted molar refractivity (Wildman–Crippen MR) is 98.4 cm³/mol. The van der Waals surface area contributed by atoms with Crippen molar-refractivity contribution < 1.29 is 4.79 Å². The number of carbonyl (C=O) groups excluding carboxylic acids is 1. The molecule has 0 unspecified atom stereocenters. The Hall–Kier alpha value is -2.36. The summed E-state index contributed by atoms with van der Waals surface area (Å²) in [5.41, 5.74) is 2.26. The van der Waals surface area contributed by atoms with E-state index < -0.39 is 0 Å². The van der Waals surface area contributed by atoms with Gasteiger partial charge >= 0.3 is 0 Å². The van der Waals surface area contributed by atoms with E-state index in [2.05, 4.69) is 43.2 Å². The van der Waals surface area contributed by atoms with Crippen LogP contribution in [0.25, 0.3) is 6.08 Å². The van der Waals surface area contributed by atoms with E-state index >= 15 is 0 Å². The van der Waals surface area contributed by atoms with E-state index in [9.17, 15) is 4.79 Å². The van der Waals surface area contributed by atoms with E-state index in [1.165, 1.54) is 0 Å². The number of benzene rings is 1. The van der Waals surface area contributed by atoms with Crippen LogP contribution in [0.15, 0.2) is 48.8 Å². The molecule has 4 heteroatoms. The van der Waals surface area contributed by atoms with Crippen LogP contribution in [0.5, 0.6) is 0 Å². The molecule has 4 nitrogen and oxygen atoms in total. The number of hydrogen-bond acceptors (Lipinski definition) is 2. The van der Waals surface area contributed by atoms with E-state index in [4.69, 9.17) is 0 Å². The van der Waals surface area contributed by atoms with Gasteiger partial charge in [0.1, 0.15) is 0 Å². The summed E-state index contributed by atoms with van der Waals surface area (Å²) >= 11 is 0. The van der Waals surface area contributed by atoms with Crippen LogP contribution in [0, 0.1) is 5.92 Å². The molecule has 1 aromatic heterocycles. The number of aryl methyl sites for hydroxylation is 2. The van der Waals surface area contributed by atoms with Crippen molar-refractivity contribution in [3.8, 4) is 0 Å². The average Bonchev–Trinajstić information content (AvgIpc) is 2.98. The fourth-order valence-electron chi connectivity index (χ4n) is 2.61. The number of nitrogens with zero attached hydrogens (tertiary/aromatic N) is 3. The van der Waals surface area contributed by atoms with Crippen molar-refractivity contribution in [2.24, 2.45) is 13.0 Å². The van der Waals surface area contributed by atoms with Crippen molar-refractivity contribution >= 4 is 12.0 Å². The third kappa shape index (κ3) is 6.03. The van der Waals surface area contributed by atoms with Gasteiger partial charge in [0.25, 0.3) is 0 Å². The highest BCUT2D eigenvalue weighted by Crippen LogP contribution is 2.08. The van der Waals surface area contributed by atoms with Crippen molar-refractivity contribution in [1.29, 1.82) is 0 Å². The third-order valence-corrected chi connectivity index (χ3v) is 3.76. The van der Waals surface area contributed by atoms with Gasteiger partial charge in [0.05, 0.1) is 6.20 Å². The Morgan fingerprint density at radius 3 is 2.67 bits per heavy atom. The zero-order chi connectivity index (χ0) is 17.4. The Bertz CT molecular complexity index is 659. The van der Waals surface area contributed by atoms with Gasteiger partial charge in [-0.2, -0.15) is 5.10 Å². The van der Waals surface area contributed by atoms with Crippen molar-refractivity contribution in [1.82, 2.24) is 14.7 Å². The highest BCUT2D eigenvalue weighted by molar-refractivity contribution is 5.76. The van der Waals surface area contributed by atoms with Crippen LogP contribution in [0.4, 0.5) is 0 Å². The number of hydrogen-bond donors (Lipinski definition) is 0. The predicted octanol–water partition coefficient (Wildman–Crippen LogP) is 3.55. The number of aromatic nitrogens is 2. The lowest BCUT2D eigenvalue weighted by atomic mass is 10.1. The Morgan fingerprint density at radius 1 is 1.29 bits per heavy atom. The van der Waals surface area contributed by atoms with Crippen molar-refractivity contribution in [2.45, 2.75) is 26.7 Å². The second-order valence-electron chi connectivity index (χ2n) is 6.53. The lowest BCUT2D eigenvalue weighted by Crippen LogP contribution is -2.34. The molecule has 0 saturated heterocycles. The quantitative estimate of drug-likeness (QED) is 0.744. The fraction of sp³-hybridized carbons (Fsp3) is 0.400. The first kappa shape index (κ1) is 18.0. The van der Waals surface area contributed by atoms with Gasteiger partial charge in [-0.1, -0.05) is 56.3 Å². The molecular formula is C20H27N3O. The molecule has 2 aromatic rings. The third-order valence-electron chi connectivity index (χ3n) is 3.76. The fourth-order valence-corrected chi connectivity index (χ4v) is 2.61. The van der Waals surface area contributed by atoms with E-state index in [-0.39, 0.29) is 5.91 Å². The Kier molecular flexibility index (Phi) is 6.79. The monoisotopic (exact) mass is 325 g/mol. The van der Waals surface area contributed by atoms with Gasteiger partial charge in [-0.25, -0.2) is 0 Å². The lowest BCUT2D eigenvalue weighted by Gasteiger charge is -2.23. The maximum absolute atomic E-state index is 12.6. The number of rotatable bonds is 8. The molecule has 1 aromatic carbocycles. The molecule has 0 aliphatic rings. The summed E-state index contributed by atoms with van der Waals surface area (Å²) in [7, 11) is 1.89. The largest absolute Gasteiger partial charge is 0.339 e. The number of amides is 1. The molecule has 1 amide bonds. The molecule has 0 bridgehead atoms. The summed E-state index contributed by atoms with van der Waals surface area (Å²) in [6.45, 7) is 5.72. The standard InChI is InChI=1S/C20H27N3O/c1-17(2)15-23(13-7-10-18-8-5-4-6-9-18)20(24)12-11-19-14-21-22(3)16-19/h4-10,14,16-17H,11-13,15H2,1-3H3/b10-7+. The Balaban J connectivity index is 1.91. The highest BCUT2D eigenvalue weighted by atomic mass is 16.2. The van der Waals surface area contributed by atoms with Crippen LogP contribution in [-0.2, 0) is 18.3 Å². The second-order valence-corrected chi connectivity index (χ2v) is 6.53. The van der Waals surface area contributed by atoms with E-state index in [0.717, 1.165) is 24.1 Å². The summed E-state index contributed by atoms with van der Waals surface area (Å²) in [6.07, 6.45) is 9.20. The minimum atomic E-state index is 0.199. The van der Waals surface area contributed by atoms with Crippen LogP contribution < -0.4 is 0 Å². The topological polar surface area (TPSA) is 38.1 Å². The summed E-state index contributed by atoms with van der Waals surface area (Å²) in [5, 5.41) is 4.15. The molecule has 0 N–H and O–H groups in total.